The van der Waals surface area contributed by atoms with Crippen molar-refractivity contribution in [2.24, 2.45) is 0 Å². The number of nitro groups is 1. The molecule has 0 radical (unpaired) electrons. The predicted molar refractivity (Wildman–Crippen MR) is 131 cm³/mol. The number of amides is 1. The Balaban J connectivity index is 1.49. The molecule has 2 aromatic carbocycles. The number of aromatic hydroxyl groups is 1. The minimum atomic E-state index is -0.384. The Labute approximate surface area is 202 Å². The van der Waals surface area contributed by atoms with Gasteiger partial charge in [0.05, 0.1) is 22.8 Å². The van der Waals surface area contributed by atoms with Gasteiger partial charge in [0.25, 0.3) is 11.6 Å². The van der Waals surface area contributed by atoms with Crippen LogP contribution >= 0.6 is 0 Å². The van der Waals surface area contributed by atoms with E-state index in [0.29, 0.717) is 34.8 Å². The van der Waals surface area contributed by atoms with Gasteiger partial charge in [-0.15, -0.1) is 0 Å². The normalized spacial score (nSPS) is 15.3. The number of aromatic nitrogens is 1. The van der Waals surface area contributed by atoms with Crippen molar-refractivity contribution >= 4 is 17.2 Å². The molecule has 2 aliphatic rings. The molecular weight excluding hydrogens is 446 g/mol. The van der Waals surface area contributed by atoms with Gasteiger partial charge in [-0.25, -0.2) is 4.98 Å². The molecule has 8 heteroatoms. The van der Waals surface area contributed by atoms with Crippen molar-refractivity contribution in [1.82, 2.24) is 9.88 Å². The zero-order valence-electron chi connectivity index (χ0n) is 19.3. The molecule has 0 spiro atoms. The van der Waals surface area contributed by atoms with Crippen LogP contribution < -0.4 is 0 Å². The van der Waals surface area contributed by atoms with Crippen LogP contribution in [0, 0.1) is 17.0 Å². The number of aliphatic hydroxyl groups excluding tert-OH is 1. The van der Waals surface area contributed by atoms with E-state index < -0.39 is 0 Å². The first-order chi connectivity index (χ1) is 16.9. The van der Waals surface area contributed by atoms with Gasteiger partial charge >= 0.3 is 0 Å². The maximum Gasteiger partial charge on any atom is 0.277 e. The molecule has 2 N–H and O–H groups in total. The van der Waals surface area contributed by atoms with Crippen LogP contribution in [0.25, 0.3) is 16.7 Å². The Morgan fingerprint density at radius 3 is 2.60 bits per heavy atom. The van der Waals surface area contributed by atoms with Crippen molar-refractivity contribution in [3.8, 4) is 16.9 Å². The van der Waals surface area contributed by atoms with Gasteiger partial charge in [0, 0.05) is 19.2 Å². The Morgan fingerprint density at radius 1 is 1.14 bits per heavy atom. The fourth-order valence-corrected chi connectivity index (χ4v) is 4.66. The van der Waals surface area contributed by atoms with Crippen LogP contribution in [0.5, 0.6) is 5.75 Å². The SMILES string of the molecule is Cc1nc(C(=O)N2CC=C(c3cc([N+](=O)[O-])c(-c4ccccc4C4CC4)cc3CO)C2)ccc1O. The first-order valence-corrected chi connectivity index (χ1v) is 11.5. The van der Waals surface area contributed by atoms with Crippen LogP contribution in [0.3, 0.4) is 0 Å². The molecule has 5 rings (SSSR count). The number of hydrogen-bond donors (Lipinski definition) is 2. The van der Waals surface area contributed by atoms with Crippen molar-refractivity contribution in [3.63, 3.8) is 0 Å². The van der Waals surface area contributed by atoms with E-state index in [1.807, 2.05) is 30.3 Å². The lowest BCUT2D eigenvalue weighted by molar-refractivity contribution is -0.384. The van der Waals surface area contributed by atoms with Crippen molar-refractivity contribution < 1.29 is 19.9 Å². The van der Waals surface area contributed by atoms with E-state index in [4.69, 9.17) is 0 Å². The number of benzene rings is 2. The highest BCUT2D eigenvalue weighted by atomic mass is 16.6. The molecule has 178 valence electrons. The molecule has 0 unspecified atom stereocenters. The smallest absolute Gasteiger partial charge is 0.277 e. The van der Waals surface area contributed by atoms with Gasteiger partial charge in [-0.2, -0.15) is 0 Å². The molecule has 1 aromatic heterocycles. The molecule has 1 fully saturated rings. The molecule has 0 saturated heterocycles. The van der Waals surface area contributed by atoms with Gasteiger partial charge in [-0.3, -0.25) is 14.9 Å². The van der Waals surface area contributed by atoms with Crippen LogP contribution in [-0.4, -0.2) is 44.0 Å². The van der Waals surface area contributed by atoms with Gasteiger partial charge in [-0.05, 0) is 71.7 Å². The number of carbonyl (C=O) groups excluding carboxylic acids is 1. The molecule has 1 saturated carbocycles. The van der Waals surface area contributed by atoms with Crippen LogP contribution in [0.4, 0.5) is 5.69 Å². The minimum absolute atomic E-state index is 0.0185. The third-order valence-electron chi connectivity index (χ3n) is 6.69. The zero-order valence-corrected chi connectivity index (χ0v) is 19.3. The van der Waals surface area contributed by atoms with Crippen LogP contribution in [0.2, 0.25) is 0 Å². The maximum atomic E-state index is 13.0. The number of carbonyl (C=O) groups is 1. The first-order valence-electron chi connectivity index (χ1n) is 11.5. The summed E-state index contributed by atoms with van der Waals surface area (Å²) in [4.78, 5) is 30.4. The van der Waals surface area contributed by atoms with Crippen molar-refractivity contribution in [2.75, 3.05) is 13.1 Å². The molecule has 1 aliphatic heterocycles. The summed E-state index contributed by atoms with van der Waals surface area (Å²) in [6.45, 7) is 1.90. The van der Waals surface area contributed by atoms with E-state index in [-0.39, 0.29) is 41.1 Å². The lowest BCUT2D eigenvalue weighted by Gasteiger charge is -2.18. The zero-order chi connectivity index (χ0) is 24.7. The van der Waals surface area contributed by atoms with E-state index in [1.165, 1.54) is 18.2 Å². The van der Waals surface area contributed by atoms with Crippen LogP contribution in [0.15, 0.2) is 54.6 Å². The summed E-state index contributed by atoms with van der Waals surface area (Å²) in [5.74, 6) is 0.136. The molecule has 1 amide bonds. The quantitative estimate of drug-likeness (QED) is 0.401. The average molecular weight is 472 g/mol. The number of nitrogens with zero attached hydrogens (tertiary/aromatic N) is 3. The van der Waals surface area contributed by atoms with Gasteiger partial charge < -0.3 is 15.1 Å². The fourth-order valence-electron chi connectivity index (χ4n) is 4.66. The molecule has 0 bridgehead atoms. The summed E-state index contributed by atoms with van der Waals surface area (Å²) < 4.78 is 0. The van der Waals surface area contributed by atoms with E-state index in [1.54, 1.807) is 17.9 Å². The second-order valence-electron chi connectivity index (χ2n) is 9.02. The second-order valence-corrected chi connectivity index (χ2v) is 9.02. The Bertz CT molecular complexity index is 1380. The number of rotatable bonds is 6. The van der Waals surface area contributed by atoms with Gasteiger partial charge in [-0.1, -0.05) is 30.3 Å². The third-order valence-corrected chi connectivity index (χ3v) is 6.69. The van der Waals surface area contributed by atoms with Gasteiger partial charge in [0.1, 0.15) is 11.4 Å². The number of hydrogen-bond acceptors (Lipinski definition) is 6. The monoisotopic (exact) mass is 471 g/mol. The first kappa shape index (κ1) is 22.7. The summed E-state index contributed by atoms with van der Waals surface area (Å²) in [7, 11) is 0. The number of aryl methyl sites for hydroxylation is 1. The second kappa shape index (κ2) is 8.96. The lowest BCUT2D eigenvalue weighted by atomic mass is 9.90. The molecule has 1 aliphatic carbocycles. The fraction of sp³-hybridized carbons (Fsp3) is 0.259. The number of nitro benzene ring substituents is 1. The lowest BCUT2D eigenvalue weighted by Crippen LogP contribution is -2.29. The summed E-state index contributed by atoms with van der Waals surface area (Å²) in [5, 5.41) is 32.0. The standard InChI is InChI=1S/C27H25N3O5/c1-16-26(32)9-8-24(28-16)27(33)29-11-10-18(14-29)22-13-25(30(34)35)23(12-19(22)15-31)21-5-3-2-4-20(21)17-6-7-17/h2-5,8-10,12-13,17,31-32H,6-7,11,14-15H2,1H3. The predicted octanol–water partition coefficient (Wildman–Crippen LogP) is 4.58. The highest BCUT2D eigenvalue weighted by molar-refractivity contribution is 5.95. The number of pyridine rings is 1. The van der Waals surface area contributed by atoms with Crippen molar-refractivity contribution in [3.05, 3.63) is 92.8 Å². The maximum absolute atomic E-state index is 13.0. The molecular formula is C27H25N3O5. The van der Waals surface area contributed by atoms with E-state index in [9.17, 15) is 25.1 Å². The van der Waals surface area contributed by atoms with Crippen LogP contribution in [0.1, 0.15) is 51.6 Å². The summed E-state index contributed by atoms with van der Waals surface area (Å²) >= 11 is 0. The van der Waals surface area contributed by atoms with E-state index in [2.05, 4.69) is 4.98 Å². The minimum Gasteiger partial charge on any atom is -0.506 e. The number of aliphatic hydroxyl groups is 1. The van der Waals surface area contributed by atoms with Gasteiger partial charge in [0.15, 0.2) is 0 Å². The highest BCUT2D eigenvalue weighted by Gasteiger charge is 2.30. The molecule has 2 heterocycles. The summed E-state index contributed by atoms with van der Waals surface area (Å²) in [6, 6.07) is 13.9. The molecule has 35 heavy (non-hydrogen) atoms. The largest absolute Gasteiger partial charge is 0.506 e. The van der Waals surface area contributed by atoms with E-state index in [0.717, 1.165) is 29.5 Å². The Kier molecular flexibility index (Phi) is 5.82. The summed E-state index contributed by atoms with van der Waals surface area (Å²) in [6.07, 6.45) is 3.99. The van der Waals surface area contributed by atoms with Gasteiger partial charge in [0.2, 0.25) is 0 Å². The summed E-state index contributed by atoms with van der Waals surface area (Å²) in [5.41, 5.74) is 4.87. The van der Waals surface area contributed by atoms with Crippen molar-refractivity contribution in [1.29, 1.82) is 0 Å². The highest BCUT2D eigenvalue weighted by Crippen LogP contribution is 2.46. The average Bonchev–Trinajstić information content (AvgIpc) is 3.60. The molecule has 8 nitrogen and oxygen atoms in total. The Morgan fingerprint density at radius 2 is 1.91 bits per heavy atom. The molecule has 0 atom stereocenters. The van der Waals surface area contributed by atoms with E-state index >= 15 is 0 Å². The topological polar surface area (TPSA) is 117 Å². The Hall–Kier alpha value is -4.04. The van der Waals surface area contributed by atoms with Crippen LogP contribution in [-0.2, 0) is 6.61 Å². The van der Waals surface area contributed by atoms with Crippen molar-refractivity contribution in [2.45, 2.75) is 32.3 Å². The molecule has 3 aromatic rings. The third kappa shape index (κ3) is 4.28.